The summed E-state index contributed by atoms with van der Waals surface area (Å²) in [6.45, 7) is 0. The van der Waals surface area contributed by atoms with Crippen molar-refractivity contribution < 1.29 is 4.21 Å². The molecule has 0 saturated heterocycles. The van der Waals surface area contributed by atoms with Gasteiger partial charge >= 0.3 is 0 Å². The first kappa shape index (κ1) is 15.3. The molecule has 0 aromatic heterocycles. The normalized spacial score (nSPS) is 12.2. The van der Waals surface area contributed by atoms with Crippen LogP contribution in [0.2, 0.25) is 0 Å². The minimum Gasteiger partial charge on any atom is -0.398 e. The summed E-state index contributed by atoms with van der Waals surface area (Å²) < 4.78 is 13.2. The fourth-order valence-corrected chi connectivity index (χ4v) is 3.81. The molecule has 0 radical (unpaired) electrons. The Morgan fingerprint density at radius 2 is 1.80 bits per heavy atom. The van der Waals surface area contributed by atoms with Crippen molar-refractivity contribution in [2.75, 3.05) is 11.5 Å². The quantitative estimate of drug-likeness (QED) is 0.627. The molecule has 1 atom stereocenters. The first-order valence-corrected chi connectivity index (χ1v) is 8.75. The highest BCUT2D eigenvalue weighted by Crippen LogP contribution is 2.22. The van der Waals surface area contributed by atoms with Crippen LogP contribution in [0.3, 0.4) is 0 Å². The van der Waals surface area contributed by atoms with Crippen LogP contribution in [-0.4, -0.2) is 9.96 Å². The Morgan fingerprint density at radius 3 is 2.55 bits per heavy atom. The number of nitrogens with two attached hydrogens (primary N) is 1. The van der Waals surface area contributed by atoms with Crippen LogP contribution in [0, 0.1) is 0 Å². The third-order valence-electron chi connectivity index (χ3n) is 3.11. The molecule has 0 amide bonds. The van der Waals surface area contributed by atoms with Crippen molar-refractivity contribution in [1.29, 1.82) is 0 Å². The molecule has 0 spiro atoms. The zero-order valence-electron chi connectivity index (χ0n) is 11.2. The number of aryl methyl sites for hydroxylation is 1. The van der Waals surface area contributed by atoms with Crippen LogP contribution in [0.25, 0.3) is 0 Å². The summed E-state index contributed by atoms with van der Waals surface area (Å²) in [5, 5.41) is 0. The summed E-state index contributed by atoms with van der Waals surface area (Å²) >= 11 is 3.39. The third-order valence-corrected chi connectivity index (χ3v) is 5.11. The maximum atomic E-state index is 12.2. The van der Waals surface area contributed by atoms with Gasteiger partial charge in [-0.3, -0.25) is 4.21 Å². The van der Waals surface area contributed by atoms with Crippen LogP contribution < -0.4 is 5.73 Å². The molecular formula is C16H18BrNOS. The number of halogens is 1. The molecule has 0 bridgehead atoms. The van der Waals surface area contributed by atoms with E-state index < -0.39 is 10.8 Å². The maximum Gasteiger partial charge on any atom is 0.0628 e. The molecule has 2 aromatic rings. The summed E-state index contributed by atoms with van der Waals surface area (Å²) in [4.78, 5) is 0.735. The van der Waals surface area contributed by atoms with Gasteiger partial charge in [-0.25, -0.2) is 0 Å². The molecule has 0 saturated carbocycles. The highest BCUT2D eigenvalue weighted by atomic mass is 79.9. The van der Waals surface area contributed by atoms with E-state index in [0.29, 0.717) is 11.4 Å². The number of hydrogen-bond acceptors (Lipinski definition) is 2. The minimum absolute atomic E-state index is 0.606. The molecule has 106 valence electrons. The van der Waals surface area contributed by atoms with Crippen molar-refractivity contribution in [3.05, 3.63) is 58.6 Å². The molecule has 0 aliphatic rings. The van der Waals surface area contributed by atoms with E-state index in [0.717, 1.165) is 28.6 Å². The summed E-state index contributed by atoms with van der Waals surface area (Å²) in [7, 11) is -1.02. The van der Waals surface area contributed by atoms with E-state index in [1.807, 2.05) is 18.2 Å². The fourth-order valence-electron chi connectivity index (χ4n) is 2.02. The molecular weight excluding hydrogens is 334 g/mol. The van der Waals surface area contributed by atoms with Gasteiger partial charge in [-0.2, -0.15) is 0 Å². The zero-order chi connectivity index (χ0) is 14.4. The number of hydrogen-bond donors (Lipinski definition) is 1. The Balaban J connectivity index is 1.82. The lowest BCUT2D eigenvalue weighted by Gasteiger charge is -2.06. The summed E-state index contributed by atoms with van der Waals surface area (Å²) in [6.07, 6.45) is 3.02. The second kappa shape index (κ2) is 7.60. The number of anilines is 1. The number of unbranched alkanes of at least 4 members (excludes halogenated alkanes) is 1. The van der Waals surface area contributed by atoms with E-state index in [-0.39, 0.29) is 0 Å². The molecule has 2 rings (SSSR count). The van der Waals surface area contributed by atoms with Crippen molar-refractivity contribution in [2.45, 2.75) is 24.2 Å². The summed E-state index contributed by atoms with van der Waals surface area (Å²) in [5.41, 5.74) is 7.81. The van der Waals surface area contributed by atoms with E-state index in [4.69, 9.17) is 5.73 Å². The van der Waals surface area contributed by atoms with Gasteiger partial charge in [0.25, 0.3) is 0 Å². The number of rotatable bonds is 6. The van der Waals surface area contributed by atoms with Crippen LogP contribution in [0.15, 0.2) is 57.9 Å². The largest absolute Gasteiger partial charge is 0.398 e. The van der Waals surface area contributed by atoms with E-state index in [1.165, 1.54) is 5.56 Å². The number of benzene rings is 2. The van der Waals surface area contributed by atoms with Gasteiger partial charge in [0.2, 0.25) is 0 Å². The minimum atomic E-state index is -1.02. The van der Waals surface area contributed by atoms with Gasteiger partial charge in [0.05, 0.1) is 15.7 Å². The monoisotopic (exact) mass is 351 g/mol. The third kappa shape index (κ3) is 4.46. The van der Waals surface area contributed by atoms with E-state index in [1.54, 1.807) is 6.07 Å². The molecule has 1 unspecified atom stereocenters. The Morgan fingerprint density at radius 1 is 1.05 bits per heavy atom. The van der Waals surface area contributed by atoms with Crippen LogP contribution in [0.1, 0.15) is 18.4 Å². The number of nitrogen functional groups attached to an aromatic ring is 1. The molecule has 4 heteroatoms. The lowest BCUT2D eigenvalue weighted by Crippen LogP contribution is -2.02. The van der Waals surface area contributed by atoms with Crippen LogP contribution in [0.5, 0.6) is 0 Å². The van der Waals surface area contributed by atoms with Gasteiger partial charge < -0.3 is 5.73 Å². The van der Waals surface area contributed by atoms with Crippen LogP contribution in [-0.2, 0) is 17.2 Å². The topological polar surface area (TPSA) is 43.1 Å². The Bertz CT molecular complexity index is 586. The second-order valence-corrected chi connectivity index (χ2v) is 7.13. The molecule has 20 heavy (non-hydrogen) atoms. The van der Waals surface area contributed by atoms with Gasteiger partial charge in [-0.05, 0) is 43.0 Å². The van der Waals surface area contributed by atoms with Gasteiger partial charge in [-0.1, -0.05) is 46.3 Å². The van der Waals surface area contributed by atoms with Gasteiger partial charge in [-0.15, -0.1) is 0 Å². The SMILES string of the molecule is Nc1ccc(Br)cc1S(=O)CCCCc1ccccc1. The second-order valence-electron chi connectivity index (χ2n) is 4.67. The predicted octanol–water partition coefficient (Wildman–Crippen LogP) is 4.16. The standard InChI is InChI=1S/C16H18BrNOS/c17-14-9-10-15(18)16(12-14)20(19)11-5-4-8-13-6-2-1-3-7-13/h1-3,6-7,9-10,12H,4-5,8,11,18H2. The van der Waals surface area contributed by atoms with Crippen molar-refractivity contribution >= 4 is 32.4 Å². The lowest BCUT2D eigenvalue weighted by molar-refractivity contribution is 0.677. The zero-order valence-corrected chi connectivity index (χ0v) is 13.6. The maximum absolute atomic E-state index is 12.2. The highest BCUT2D eigenvalue weighted by molar-refractivity contribution is 9.10. The molecule has 2 aromatic carbocycles. The Kier molecular flexibility index (Phi) is 5.80. The molecule has 2 nitrogen and oxygen atoms in total. The first-order chi connectivity index (χ1) is 9.66. The van der Waals surface area contributed by atoms with E-state index in [9.17, 15) is 4.21 Å². The fraction of sp³-hybridized carbons (Fsp3) is 0.250. The molecule has 2 N–H and O–H groups in total. The molecule has 0 fully saturated rings. The highest BCUT2D eigenvalue weighted by Gasteiger charge is 2.08. The molecule has 0 aliphatic heterocycles. The summed E-state index contributed by atoms with van der Waals surface area (Å²) in [5.74, 6) is 0.660. The average Bonchev–Trinajstić information content (AvgIpc) is 2.47. The van der Waals surface area contributed by atoms with Crippen LogP contribution >= 0.6 is 15.9 Å². The average molecular weight is 352 g/mol. The smallest absolute Gasteiger partial charge is 0.0628 e. The molecule has 0 aliphatic carbocycles. The van der Waals surface area contributed by atoms with Crippen LogP contribution in [0.4, 0.5) is 5.69 Å². The van der Waals surface area contributed by atoms with Crippen molar-refractivity contribution in [1.82, 2.24) is 0 Å². The van der Waals surface area contributed by atoms with Crippen molar-refractivity contribution in [2.24, 2.45) is 0 Å². The lowest BCUT2D eigenvalue weighted by atomic mass is 10.1. The Labute approximate surface area is 131 Å². The molecule has 0 heterocycles. The van der Waals surface area contributed by atoms with Gasteiger partial charge in [0, 0.05) is 15.9 Å². The van der Waals surface area contributed by atoms with E-state index in [2.05, 4.69) is 40.2 Å². The van der Waals surface area contributed by atoms with Gasteiger partial charge in [0.1, 0.15) is 0 Å². The summed E-state index contributed by atoms with van der Waals surface area (Å²) in [6, 6.07) is 15.9. The van der Waals surface area contributed by atoms with E-state index >= 15 is 0 Å². The first-order valence-electron chi connectivity index (χ1n) is 6.64. The Hall–Kier alpha value is -1.13. The van der Waals surface area contributed by atoms with Crippen molar-refractivity contribution in [3.8, 4) is 0 Å². The van der Waals surface area contributed by atoms with Gasteiger partial charge in [0.15, 0.2) is 0 Å². The predicted molar refractivity (Wildman–Crippen MR) is 89.2 cm³/mol. The van der Waals surface area contributed by atoms with Crippen molar-refractivity contribution in [3.63, 3.8) is 0 Å².